The highest BCUT2D eigenvalue weighted by molar-refractivity contribution is 5.86. The van der Waals surface area contributed by atoms with Crippen molar-refractivity contribution in [3.05, 3.63) is 60.2 Å². The SMILES string of the molecule is O=C(O)N[C@H](Cc1cnc[nH]1)C(=O)N1CCc2cccc(OC[C@H]3CCCN3c3ncnc4nc[nH]c34)c2C1. The number of nitrogens with one attached hydrogen (secondary N) is 3. The maximum atomic E-state index is 13.4. The van der Waals surface area contributed by atoms with Crippen LogP contribution in [0.15, 0.2) is 43.4 Å². The van der Waals surface area contributed by atoms with Crippen LogP contribution in [0.2, 0.25) is 0 Å². The smallest absolute Gasteiger partial charge is 0.405 e. The molecular weight excluding hydrogens is 502 g/mol. The molecule has 13 heteroatoms. The standard InChI is InChI=1S/C26H29N9O4/c36-25(20(33-26(37)38)9-17-10-27-13-28-17)34-8-6-16-3-1-5-21(19(16)11-34)39-12-18-4-2-7-35(18)24-22-23(30-14-29-22)31-15-32-24/h1,3,5,10,13-15,18,20,33H,2,4,6-9,11-12H2,(H,27,28)(H,37,38)(H,29,30,31,32)/t18-,20-/m1/s1. The van der Waals surface area contributed by atoms with Gasteiger partial charge in [-0.2, -0.15) is 0 Å². The minimum Gasteiger partial charge on any atom is -0.491 e. The van der Waals surface area contributed by atoms with Crippen LogP contribution in [-0.2, 0) is 24.2 Å². The molecule has 1 saturated heterocycles. The molecule has 1 fully saturated rings. The van der Waals surface area contributed by atoms with Crippen LogP contribution in [0.4, 0.5) is 10.6 Å². The van der Waals surface area contributed by atoms with E-state index in [-0.39, 0.29) is 18.4 Å². The van der Waals surface area contributed by atoms with Crippen LogP contribution >= 0.6 is 0 Å². The van der Waals surface area contributed by atoms with Gasteiger partial charge < -0.3 is 34.9 Å². The Morgan fingerprint density at radius 3 is 2.95 bits per heavy atom. The van der Waals surface area contributed by atoms with Crippen LogP contribution in [0.5, 0.6) is 5.75 Å². The van der Waals surface area contributed by atoms with Gasteiger partial charge in [-0.3, -0.25) is 4.79 Å². The van der Waals surface area contributed by atoms with Gasteiger partial charge in [-0.05, 0) is 30.9 Å². The molecule has 0 radical (unpaired) electrons. The number of nitrogens with zero attached hydrogens (tertiary/aromatic N) is 6. The fourth-order valence-corrected chi connectivity index (χ4v) is 5.50. The fraction of sp³-hybridized carbons (Fsp3) is 0.385. The molecule has 202 valence electrons. The van der Waals surface area contributed by atoms with Gasteiger partial charge in [0.05, 0.1) is 18.7 Å². The first kappa shape index (κ1) is 24.6. The van der Waals surface area contributed by atoms with Gasteiger partial charge in [-0.15, -0.1) is 0 Å². The summed E-state index contributed by atoms with van der Waals surface area (Å²) in [4.78, 5) is 51.8. The predicted octanol–water partition coefficient (Wildman–Crippen LogP) is 1.89. The highest BCUT2D eigenvalue weighted by Gasteiger charge is 2.32. The molecule has 2 amide bonds. The first-order valence-corrected chi connectivity index (χ1v) is 13.0. The van der Waals surface area contributed by atoms with Crippen molar-refractivity contribution in [1.29, 1.82) is 0 Å². The summed E-state index contributed by atoms with van der Waals surface area (Å²) in [6.07, 6.45) is 7.86. The van der Waals surface area contributed by atoms with Crippen molar-refractivity contribution in [3.8, 4) is 5.75 Å². The molecule has 2 aliphatic rings. The zero-order valence-corrected chi connectivity index (χ0v) is 21.2. The van der Waals surface area contributed by atoms with Crippen LogP contribution < -0.4 is 15.0 Å². The molecule has 2 aliphatic heterocycles. The molecule has 2 atom stereocenters. The van der Waals surface area contributed by atoms with Gasteiger partial charge in [0.2, 0.25) is 5.91 Å². The summed E-state index contributed by atoms with van der Waals surface area (Å²) in [5.74, 6) is 1.29. The maximum Gasteiger partial charge on any atom is 0.405 e. The van der Waals surface area contributed by atoms with E-state index in [1.54, 1.807) is 17.4 Å². The Morgan fingerprint density at radius 2 is 2.10 bits per heavy atom. The Labute approximate surface area is 223 Å². The number of hydrogen-bond donors (Lipinski definition) is 4. The predicted molar refractivity (Wildman–Crippen MR) is 140 cm³/mol. The van der Waals surface area contributed by atoms with Crippen LogP contribution in [0.3, 0.4) is 0 Å². The van der Waals surface area contributed by atoms with Crippen molar-refractivity contribution < 1.29 is 19.4 Å². The minimum atomic E-state index is -1.24. The molecule has 0 unspecified atom stereocenters. The van der Waals surface area contributed by atoms with Gasteiger partial charge in [-0.1, -0.05) is 12.1 Å². The Morgan fingerprint density at radius 1 is 1.18 bits per heavy atom. The van der Waals surface area contributed by atoms with Crippen molar-refractivity contribution in [3.63, 3.8) is 0 Å². The molecule has 4 N–H and O–H groups in total. The number of amides is 2. The Bertz CT molecular complexity index is 1470. The lowest BCUT2D eigenvalue weighted by Gasteiger charge is -2.33. The number of aromatic amines is 2. The second-order valence-corrected chi connectivity index (χ2v) is 9.79. The summed E-state index contributed by atoms with van der Waals surface area (Å²) in [6, 6.07) is 5.17. The van der Waals surface area contributed by atoms with Crippen molar-refractivity contribution >= 4 is 29.0 Å². The molecular formula is C26H29N9O4. The van der Waals surface area contributed by atoms with Crippen molar-refractivity contribution in [2.24, 2.45) is 0 Å². The number of hydrogen-bond acceptors (Lipinski definition) is 8. The summed E-state index contributed by atoms with van der Waals surface area (Å²) in [5, 5.41) is 11.7. The van der Waals surface area contributed by atoms with Gasteiger partial charge >= 0.3 is 6.09 Å². The third-order valence-corrected chi connectivity index (χ3v) is 7.40. The Kier molecular flexibility index (Phi) is 6.69. The largest absolute Gasteiger partial charge is 0.491 e. The summed E-state index contributed by atoms with van der Waals surface area (Å²) in [6.45, 7) is 2.18. The molecule has 0 spiro atoms. The van der Waals surface area contributed by atoms with Crippen LogP contribution in [-0.4, -0.2) is 83.7 Å². The third-order valence-electron chi connectivity index (χ3n) is 7.40. The number of imidazole rings is 2. The van der Waals surface area contributed by atoms with E-state index >= 15 is 0 Å². The third kappa shape index (κ3) is 5.07. The first-order valence-electron chi connectivity index (χ1n) is 13.0. The van der Waals surface area contributed by atoms with Crippen LogP contribution in [0, 0.1) is 0 Å². The molecule has 6 rings (SSSR count). The Balaban J connectivity index is 1.17. The van der Waals surface area contributed by atoms with Gasteiger partial charge in [0, 0.05) is 43.5 Å². The number of carboxylic acid groups (broad SMARTS) is 1. The van der Waals surface area contributed by atoms with E-state index in [1.807, 2.05) is 12.1 Å². The zero-order chi connectivity index (χ0) is 26.8. The second kappa shape index (κ2) is 10.6. The van der Waals surface area contributed by atoms with Crippen molar-refractivity contribution in [1.82, 2.24) is 40.1 Å². The van der Waals surface area contributed by atoms with Gasteiger partial charge in [0.15, 0.2) is 11.5 Å². The van der Waals surface area contributed by atoms with Gasteiger partial charge in [0.1, 0.15) is 30.2 Å². The average molecular weight is 532 g/mol. The van der Waals surface area contributed by atoms with Gasteiger partial charge in [0.25, 0.3) is 0 Å². The number of benzene rings is 1. The van der Waals surface area contributed by atoms with Crippen LogP contribution in [0.25, 0.3) is 11.2 Å². The number of aromatic nitrogens is 6. The second-order valence-electron chi connectivity index (χ2n) is 9.79. The lowest BCUT2D eigenvalue weighted by atomic mass is 9.97. The number of fused-ring (bicyclic) bond motifs is 2. The average Bonchev–Trinajstić information content (AvgIpc) is 3.72. The zero-order valence-electron chi connectivity index (χ0n) is 21.2. The molecule has 13 nitrogen and oxygen atoms in total. The van der Waals surface area contributed by atoms with Crippen molar-refractivity contribution in [2.45, 2.75) is 44.3 Å². The lowest BCUT2D eigenvalue weighted by molar-refractivity contribution is -0.134. The van der Waals surface area contributed by atoms with Crippen molar-refractivity contribution in [2.75, 3.05) is 24.6 Å². The summed E-state index contributed by atoms with van der Waals surface area (Å²) >= 11 is 0. The quantitative estimate of drug-likeness (QED) is 0.266. The van der Waals surface area contributed by atoms with E-state index in [9.17, 15) is 14.7 Å². The van der Waals surface area contributed by atoms with Crippen LogP contribution in [0.1, 0.15) is 29.7 Å². The molecule has 5 heterocycles. The molecule has 39 heavy (non-hydrogen) atoms. The van der Waals surface area contributed by atoms with E-state index in [0.717, 1.165) is 47.6 Å². The molecule has 3 aromatic heterocycles. The number of ether oxygens (including phenoxy) is 1. The number of carbonyl (C=O) groups is 2. The van der Waals surface area contributed by atoms with Gasteiger partial charge in [-0.25, -0.2) is 24.7 Å². The maximum absolute atomic E-state index is 13.4. The van der Waals surface area contributed by atoms with E-state index in [1.165, 1.54) is 12.7 Å². The van der Waals surface area contributed by atoms with E-state index < -0.39 is 12.1 Å². The number of rotatable bonds is 8. The molecule has 0 aliphatic carbocycles. The van der Waals surface area contributed by atoms with E-state index in [2.05, 4.69) is 46.2 Å². The summed E-state index contributed by atoms with van der Waals surface area (Å²) in [7, 11) is 0. The summed E-state index contributed by atoms with van der Waals surface area (Å²) < 4.78 is 6.40. The first-order chi connectivity index (χ1) is 19.1. The van der Waals surface area contributed by atoms with E-state index in [0.29, 0.717) is 37.5 Å². The minimum absolute atomic E-state index is 0.127. The molecule has 4 aromatic rings. The summed E-state index contributed by atoms with van der Waals surface area (Å²) in [5.41, 5.74) is 4.22. The lowest BCUT2D eigenvalue weighted by Crippen LogP contribution is -2.50. The number of carbonyl (C=O) groups excluding carboxylic acids is 1. The number of anilines is 1. The molecule has 0 bridgehead atoms. The van der Waals surface area contributed by atoms with E-state index in [4.69, 9.17) is 4.74 Å². The molecule has 0 saturated carbocycles. The fourth-order valence-electron chi connectivity index (χ4n) is 5.50. The monoisotopic (exact) mass is 531 g/mol. The number of H-pyrrole nitrogens is 2. The Hall–Kier alpha value is -4.68. The highest BCUT2D eigenvalue weighted by Crippen LogP contribution is 2.31. The highest BCUT2D eigenvalue weighted by atomic mass is 16.5. The molecule has 1 aromatic carbocycles. The topological polar surface area (TPSA) is 165 Å². The normalized spacial score (nSPS) is 17.7.